The highest BCUT2D eigenvalue weighted by Gasteiger charge is 2.23. The van der Waals surface area contributed by atoms with Crippen molar-refractivity contribution in [1.82, 2.24) is 4.98 Å². The van der Waals surface area contributed by atoms with Crippen LogP contribution in [0.1, 0.15) is 47.3 Å². The van der Waals surface area contributed by atoms with Gasteiger partial charge in [-0.25, -0.2) is 4.79 Å². The first kappa shape index (κ1) is 20.8. The second-order valence-electron chi connectivity index (χ2n) is 7.45. The van der Waals surface area contributed by atoms with Crippen molar-refractivity contribution in [3.05, 3.63) is 68.9 Å². The maximum absolute atomic E-state index is 13.1. The van der Waals surface area contributed by atoms with Crippen LogP contribution < -0.4 is 5.32 Å². The Morgan fingerprint density at radius 3 is 2.53 bits per heavy atom. The number of ether oxygens (including phenoxy) is 1. The molecule has 0 saturated heterocycles. The van der Waals surface area contributed by atoms with E-state index in [1.165, 1.54) is 6.42 Å². The van der Waals surface area contributed by atoms with Crippen LogP contribution in [0.25, 0.3) is 10.9 Å². The van der Waals surface area contributed by atoms with Crippen LogP contribution in [0.4, 0.5) is 5.69 Å². The van der Waals surface area contributed by atoms with Crippen LogP contribution in [0, 0.1) is 3.57 Å². The molecule has 0 atom stereocenters. The van der Waals surface area contributed by atoms with Gasteiger partial charge < -0.3 is 10.1 Å². The molecule has 0 spiro atoms. The molecule has 5 nitrogen and oxygen atoms in total. The van der Waals surface area contributed by atoms with E-state index in [9.17, 15) is 9.59 Å². The first-order valence-corrected chi connectivity index (χ1v) is 11.3. The minimum Gasteiger partial charge on any atom is -0.452 e. The molecule has 0 fully saturated rings. The van der Waals surface area contributed by atoms with E-state index in [0.29, 0.717) is 11.3 Å². The lowest BCUT2D eigenvalue weighted by Crippen LogP contribution is -2.22. The maximum atomic E-state index is 13.1. The van der Waals surface area contributed by atoms with E-state index >= 15 is 0 Å². The molecule has 0 saturated carbocycles. The number of amides is 1. The van der Waals surface area contributed by atoms with Crippen molar-refractivity contribution < 1.29 is 14.3 Å². The average molecular weight is 514 g/mol. The van der Waals surface area contributed by atoms with Gasteiger partial charge >= 0.3 is 5.97 Å². The topological polar surface area (TPSA) is 68.3 Å². The van der Waals surface area contributed by atoms with Gasteiger partial charge in [0.15, 0.2) is 6.61 Å². The molecule has 3 aromatic rings. The van der Waals surface area contributed by atoms with Crippen LogP contribution in [0.2, 0.25) is 0 Å². The molecule has 0 radical (unpaired) electrons. The van der Waals surface area contributed by atoms with Gasteiger partial charge in [-0.1, -0.05) is 43.2 Å². The number of rotatable bonds is 4. The first-order chi connectivity index (χ1) is 14.6. The molecule has 4 rings (SSSR count). The third-order valence-corrected chi connectivity index (χ3v) is 6.30. The standard InChI is InChI=1S/C24H23IN2O3/c25-18-11-6-8-14-21(18)27-22(28)15-30-24(29)23-16-9-3-1-2-4-12-19(16)26-20-13-7-5-10-17(20)23/h5-8,10-11,13-14H,1-4,9,12,15H2,(H,27,28). The third kappa shape index (κ3) is 4.64. The number of fused-ring (bicyclic) bond motifs is 2. The summed E-state index contributed by atoms with van der Waals surface area (Å²) in [5.74, 6) is -0.808. The predicted molar refractivity (Wildman–Crippen MR) is 126 cm³/mol. The minimum atomic E-state index is -0.455. The molecule has 6 heteroatoms. The molecule has 0 bridgehead atoms. The highest BCUT2D eigenvalue weighted by Crippen LogP contribution is 2.29. The normalized spacial score (nSPS) is 13.8. The number of benzene rings is 2. The number of aryl methyl sites for hydroxylation is 1. The number of esters is 1. The van der Waals surface area contributed by atoms with Gasteiger partial charge in [-0.05, 0) is 72.0 Å². The van der Waals surface area contributed by atoms with Crippen LogP contribution in [0.15, 0.2) is 48.5 Å². The molecule has 1 aliphatic carbocycles. The van der Waals surface area contributed by atoms with E-state index < -0.39 is 5.97 Å². The van der Waals surface area contributed by atoms with Crippen molar-refractivity contribution >= 4 is 51.1 Å². The average Bonchev–Trinajstić information content (AvgIpc) is 2.73. The molecular weight excluding hydrogens is 491 g/mol. The van der Waals surface area contributed by atoms with Crippen LogP contribution >= 0.6 is 22.6 Å². The number of pyridine rings is 1. The summed E-state index contributed by atoms with van der Waals surface area (Å²) in [6.07, 6.45) is 6.12. The van der Waals surface area contributed by atoms with E-state index in [2.05, 4.69) is 27.9 Å². The van der Waals surface area contributed by atoms with Crippen molar-refractivity contribution in [2.75, 3.05) is 11.9 Å². The second kappa shape index (κ2) is 9.55. The summed E-state index contributed by atoms with van der Waals surface area (Å²) in [7, 11) is 0. The third-order valence-electron chi connectivity index (χ3n) is 5.36. The largest absolute Gasteiger partial charge is 0.452 e. The summed E-state index contributed by atoms with van der Waals surface area (Å²) in [5.41, 5.74) is 4.05. The van der Waals surface area contributed by atoms with Gasteiger partial charge in [0.1, 0.15) is 0 Å². The van der Waals surface area contributed by atoms with Crippen molar-refractivity contribution in [2.45, 2.75) is 38.5 Å². The Balaban J connectivity index is 1.58. The summed E-state index contributed by atoms with van der Waals surface area (Å²) in [6, 6.07) is 15.1. The lowest BCUT2D eigenvalue weighted by Gasteiger charge is -2.18. The van der Waals surface area contributed by atoms with Crippen LogP contribution in [0.3, 0.4) is 0 Å². The van der Waals surface area contributed by atoms with E-state index in [0.717, 1.165) is 57.8 Å². The molecule has 1 N–H and O–H groups in total. The molecule has 0 unspecified atom stereocenters. The predicted octanol–water partition coefficient (Wildman–Crippen LogP) is 5.29. The zero-order chi connectivity index (χ0) is 20.9. The Morgan fingerprint density at radius 2 is 1.70 bits per heavy atom. The smallest absolute Gasteiger partial charge is 0.339 e. The SMILES string of the molecule is O=C(COC(=O)c1c2c(nc3ccccc13)CCCCCC2)Nc1ccccc1I. The van der Waals surface area contributed by atoms with Gasteiger partial charge in [-0.15, -0.1) is 0 Å². The molecule has 1 heterocycles. The Morgan fingerprint density at radius 1 is 0.967 bits per heavy atom. The van der Waals surface area contributed by atoms with E-state index in [4.69, 9.17) is 9.72 Å². The number of anilines is 1. The molecule has 1 aromatic heterocycles. The molecule has 2 aromatic carbocycles. The summed E-state index contributed by atoms with van der Waals surface area (Å²) in [5, 5.41) is 3.59. The zero-order valence-electron chi connectivity index (χ0n) is 16.6. The van der Waals surface area contributed by atoms with E-state index in [1.807, 2.05) is 48.5 Å². The van der Waals surface area contributed by atoms with Crippen molar-refractivity contribution in [2.24, 2.45) is 0 Å². The number of hydrogen-bond acceptors (Lipinski definition) is 4. The summed E-state index contributed by atoms with van der Waals surface area (Å²) < 4.78 is 6.39. The van der Waals surface area contributed by atoms with Gasteiger partial charge in [-0.2, -0.15) is 0 Å². The fourth-order valence-corrected chi connectivity index (χ4v) is 4.43. The lowest BCUT2D eigenvalue weighted by molar-refractivity contribution is -0.119. The van der Waals surface area contributed by atoms with E-state index in [-0.39, 0.29) is 12.5 Å². The summed E-state index contributed by atoms with van der Waals surface area (Å²) >= 11 is 2.16. The van der Waals surface area contributed by atoms with Gasteiger partial charge in [0.25, 0.3) is 5.91 Å². The highest BCUT2D eigenvalue weighted by atomic mass is 127. The first-order valence-electron chi connectivity index (χ1n) is 10.3. The quantitative estimate of drug-likeness (QED) is 0.380. The summed E-state index contributed by atoms with van der Waals surface area (Å²) in [6.45, 7) is -0.324. The number of nitrogens with zero attached hydrogens (tertiary/aromatic N) is 1. The van der Waals surface area contributed by atoms with Gasteiger partial charge in [0, 0.05) is 14.7 Å². The number of para-hydroxylation sites is 2. The van der Waals surface area contributed by atoms with Gasteiger partial charge in [0.05, 0.1) is 16.8 Å². The van der Waals surface area contributed by atoms with Crippen LogP contribution in [-0.4, -0.2) is 23.5 Å². The number of hydrogen-bond donors (Lipinski definition) is 1. The zero-order valence-corrected chi connectivity index (χ0v) is 18.8. The Bertz CT molecular complexity index is 1100. The number of halogens is 1. The van der Waals surface area contributed by atoms with Crippen molar-refractivity contribution in [3.63, 3.8) is 0 Å². The Hall–Kier alpha value is -2.48. The maximum Gasteiger partial charge on any atom is 0.339 e. The molecule has 1 amide bonds. The highest BCUT2D eigenvalue weighted by molar-refractivity contribution is 14.1. The Labute approximate surface area is 189 Å². The monoisotopic (exact) mass is 514 g/mol. The van der Waals surface area contributed by atoms with Crippen molar-refractivity contribution in [3.8, 4) is 0 Å². The molecule has 1 aliphatic rings. The fraction of sp³-hybridized carbons (Fsp3) is 0.292. The number of aromatic nitrogens is 1. The molecule has 154 valence electrons. The minimum absolute atomic E-state index is 0.324. The fourth-order valence-electron chi connectivity index (χ4n) is 3.91. The molecular formula is C24H23IN2O3. The van der Waals surface area contributed by atoms with E-state index in [1.54, 1.807) is 0 Å². The molecule has 0 aliphatic heterocycles. The van der Waals surface area contributed by atoms with Crippen LogP contribution in [-0.2, 0) is 22.4 Å². The van der Waals surface area contributed by atoms with Gasteiger partial charge in [-0.3, -0.25) is 9.78 Å². The number of carbonyl (C=O) groups is 2. The van der Waals surface area contributed by atoms with Gasteiger partial charge in [0.2, 0.25) is 0 Å². The Kier molecular flexibility index (Phi) is 6.62. The molecule has 30 heavy (non-hydrogen) atoms. The number of nitrogens with one attached hydrogen (secondary N) is 1. The number of carbonyl (C=O) groups excluding carboxylic acids is 2. The summed E-state index contributed by atoms with van der Waals surface area (Å²) in [4.78, 5) is 30.3. The lowest BCUT2D eigenvalue weighted by atomic mass is 9.91. The van der Waals surface area contributed by atoms with Crippen LogP contribution in [0.5, 0.6) is 0 Å². The van der Waals surface area contributed by atoms with Crippen molar-refractivity contribution in [1.29, 1.82) is 0 Å². The second-order valence-corrected chi connectivity index (χ2v) is 8.61.